The van der Waals surface area contributed by atoms with E-state index >= 15 is 0 Å². The second-order valence-corrected chi connectivity index (χ2v) is 13.0. The summed E-state index contributed by atoms with van der Waals surface area (Å²) in [5.41, 5.74) is 8.97. The summed E-state index contributed by atoms with van der Waals surface area (Å²) >= 11 is 3.09. The Balaban J connectivity index is 1.43. The molecule has 1 aromatic carbocycles. The predicted octanol–water partition coefficient (Wildman–Crippen LogP) is 4.01. The maximum Gasteiger partial charge on any atom is 0.155 e. The van der Waals surface area contributed by atoms with Crippen molar-refractivity contribution in [2.24, 2.45) is 16.6 Å². The number of hydrogen-bond acceptors (Lipinski definition) is 6. The summed E-state index contributed by atoms with van der Waals surface area (Å²) in [4.78, 5) is 5.86. The summed E-state index contributed by atoms with van der Waals surface area (Å²) in [6, 6.07) is 10.5. The molecule has 1 saturated carbocycles. The highest BCUT2D eigenvalue weighted by atomic mass is 32.2. The minimum absolute atomic E-state index is 0.191. The minimum atomic E-state index is -2.94. The minimum Gasteiger partial charge on any atom is -0.378 e. The highest BCUT2D eigenvalue weighted by Crippen LogP contribution is 2.52. The maximum atomic E-state index is 11.8. The van der Waals surface area contributed by atoms with Crippen LogP contribution in [0.2, 0.25) is 0 Å². The normalized spacial score (nSPS) is 26.9. The molecule has 29 heavy (non-hydrogen) atoms. The lowest BCUT2D eigenvalue weighted by Crippen LogP contribution is -2.57. The first-order chi connectivity index (χ1) is 13.7. The van der Waals surface area contributed by atoms with Crippen LogP contribution >= 0.6 is 23.1 Å². The topological polar surface area (TPSA) is 72.5 Å². The molecule has 2 N–H and O–H groups in total. The first kappa shape index (κ1) is 19.2. The molecule has 1 spiro atoms. The molecule has 2 aromatic rings. The average Bonchev–Trinajstić information content (AvgIpc) is 3.30. The summed E-state index contributed by atoms with van der Waals surface area (Å²) in [5.74, 6) is 7.57. The lowest BCUT2D eigenvalue weighted by molar-refractivity contribution is 0.394. The van der Waals surface area contributed by atoms with E-state index in [1.54, 1.807) is 11.3 Å². The van der Waals surface area contributed by atoms with E-state index in [1.165, 1.54) is 24.6 Å². The number of aliphatic imine (C=N–C) groups is 1. The molecule has 1 unspecified atom stereocenters. The number of amidine groups is 1. The van der Waals surface area contributed by atoms with Gasteiger partial charge in [0.05, 0.1) is 21.8 Å². The molecular weight excluding hydrogens is 420 g/mol. The second kappa shape index (κ2) is 6.63. The van der Waals surface area contributed by atoms with Gasteiger partial charge in [-0.25, -0.2) is 8.42 Å². The van der Waals surface area contributed by atoms with Gasteiger partial charge in [-0.3, -0.25) is 4.99 Å². The monoisotopic (exact) mass is 442 g/mol. The Morgan fingerprint density at radius 1 is 1.21 bits per heavy atom. The van der Waals surface area contributed by atoms with Crippen molar-refractivity contribution >= 4 is 38.1 Å². The predicted molar refractivity (Wildman–Crippen MR) is 122 cm³/mol. The number of nitrogens with zero attached hydrogens (tertiary/aromatic N) is 1. The Morgan fingerprint density at radius 2 is 2.00 bits per heavy atom. The zero-order valence-electron chi connectivity index (χ0n) is 16.1. The summed E-state index contributed by atoms with van der Waals surface area (Å²) < 4.78 is 23.3. The van der Waals surface area contributed by atoms with E-state index in [1.807, 2.05) is 6.07 Å². The van der Waals surface area contributed by atoms with Crippen LogP contribution in [-0.2, 0) is 15.4 Å². The smallest absolute Gasteiger partial charge is 0.155 e. The summed E-state index contributed by atoms with van der Waals surface area (Å²) in [6.45, 7) is 2.07. The number of rotatable bonds is 2. The van der Waals surface area contributed by atoms with Crippen molar-refractivity contribution in [1.82, 2.24) is 0 Å². The number of benzene rings is 1. The molecule has 2 fully saturated rings. The van der Waals surface area contributed by atoms with E-state index in [-0.39, 0.29) is 16.3 Å². The van der Waals surface area contributed by atoms with Gasteiger partial charge >= 0.3 is 0 Å². The van der Waals surface area contributed by atoms with Crippen LogP contribution in [0.15, 0.2) is 40.7 Å². The number of thioether (sulfide) groups is 1. The van der Waals surface area contributed by atoms with Crippen LogP contribution < -0.4 is 5.73 Å². The van der Waals surface area contributed by atoms with Gasteiger partial charge in [0.2, 0.25) is 0 Å². The van der Waals surface area contributed by atoms with Crippen LogP contribution in [-0.4, -0.2) is 29.8 Å². The van der Waals surface area contributed by atoms with Crippen LogP contribution in [0, 0.1) is 17.8 Å². The zero-order chi connectivity index (χ0) is 20.3. The van der Waals surface area contributed by atoms with Crippen molar-refractivity contribution in [3.63, 3.8) is 0 Å². The number of hydrogen-bond donors (Lipinski definition) is 1. The van der Waals surface area contributed by atoms with Gasteiger partial charge in [-0.05, 0) is 60.9 Å². The number of nitrogens with two attached hydrogens (primary N) is 1. The van der Waals surface area contributed by atoms with Crippen molar-refractivity contribution in [3.05, 3.63) is 46.2 Å². The van der Waals surface area contributed by atoms with Gasteiger partial charge in [-0.15, -0.1) is 11.3 Å². The number of sulfone groups is 1. The molecule has 7 heteroatoms. The molecule has 0 radical (unpaired) electrons. The quantitative estimate of drug-likeness (QED) is 0.713. The third-order valence-corrected chi connectivity index (χ3v) is 10.3. The van der Waals surface area contributed by atoms with Crippen molar-refractivity contribution in [1.29, 1.82) is 0 Å². The Morgan fingerprint density at radius 3 is 2.72 bits per heavy atom. The molecule has 1 saturated heterocycles. The largest absolute Gasteiger partial charge is 0.378 e. The fourth-order valence-electron chi connectivity index (χ4n) is 4.21. The van der Waals surface area contributed by atoms with E-state index in [0.29, 0.717) is 17.5 Å². The van der Waals surface area contributed by atoms with Gasteiger partial charge < -0.3 is 5.73 Å². The molecule has 1 aliphatic carbocycles. The van der Waals surface area contributed by atoms with E-state index < -0.39 is 15.4 Å². The average molecular weight is 443 g/mol. The fraction of sp³-hybridized carbons (Fsp3) is 0.409. The molecule has 0 bridgehead atoms. The lowest BCUT2D eigenvalue weighted by Gasteiger charge is -2.47. The molecule has 5 rings (SSSR count). The molecule has 3 aliphatic rings. The third-order valence-electron chi connectivity index (χ3n) is 5.63. The van der Waals surface area contributed by atoms with Gasteiger partial charge in [-0.1, -0.05) is 35.7 Å². The van der Waals surface area contributed by atoms with Crippen LogP contribution in [0.1, 0.15) is 36.6 Å². The zero-order valence-corrected chi connectivity index (χ0v) is 18.6. The fourth-order valence-corrected chi connectivity index (χ4v) is 9.55. The van der Waals surface area contributed by atoms with Crippen LogP contribution in [0.4, 0.5) is 0 Å². The van der Waals surface area contributed by atoms with Gasteiger partial charge in [0.15, 0.2) is 15.0 Å². The molecule has 1 aromatic heterocycles. The van der Waals surface area contributed by atoms with Crippen LogP contribution in [0.5, 0.6) is 0 Å². The Kier molecular flexibility index (Phi) is 4.39. The van der Waals surface area contributed by atoms with Crippen molar-refractivity contribution in [2.75, 3.05) is 11.5 Å². The molecule has 2 aliphatic heterocycles. The first-order valence-electron chi connectivity index (χ1n) is 9.70. The van der Waals surface area contributed by atoms with Gasteiger partial charge in [0.1, 0.15) is 0 Å². The molecule has 1 atom stereocenters. The van der Waals surface area contributed by atoms with E-state index in [9.17, 15) is 8.42 Å². The van der Waals surface area contributed by atoms with Crippen LogP contribution in [0.25, 0.3) is 11.1 Å². The SMILES string of the molecule is CC1(c2cc(-c3cccc(C#CC4CC4)c3)cs2)CC2(CS(=O)(=O)C2)SC(N)=N1. The summed E-state index contributed by atoms with van der Waals surface area (Å²) in [5, 5.41) is 2.63. The molecule has 150 valence electrons. The summed E-state index contributed by atoms with van der Waals surface area (Å²) in [6.07, 6.45) is 3.14. The number of thiophene rings is 1. The molecule has 3 heterocycles. The van der Waals surface area contributed by atoms with E-state index in [4.69, 9.17) is 10.7 Å². The van der Waals surface area contributed by atoms with Crippen molar-refractivity contribution < 1.29 is 8.42 Å². The molecule has 0 amide bonds. The van der Waals surface area contributed by atoms with Crippen molar-refractivity contribution in [2.45, 2.75) is 36.5 Å². The Labute approximate surface area is 179 Å². The lowest BCUT2D eigenvalue weighted by atomic mass is 9.87. The van der Waals surface area contributed by atoms with Crippen LogP contribution in [0.3, 0.4) is 0 Å². The van der Waals surface area contributed by atoms with Gasteiger partial charge in [0.25, 0.3) is 0 Å². The first-order valence-corrected chi connectivity index (χ1v) is 13.2. The molecule has 4 nitrogen and oxygen atoms in total. The highest BCUT2D eigenvalue weighted by molar-refractivity contribution is 8.17. The second-order valence-electron chi connectivity index (χ2n) is 8.54. The van der Waals surface area contributed by atoms with Gasteiger partial charge in [-0.2, -0.15) is 0 Å². The Bertz CT molecular complexity index is 1170. The standard InChI is InChI=1S/C22H22N2O2S3/c1-21(12-22(28-20(23)24-21)13-29(25,26)14-22)19-10-18(11-27-19)17-4-2-3-16(9-17)8-7-15-5-6-15/h2-4,9-11,15H,5-6,12-14H2,1H3,(H2,23,24). The van der Waals surface area contributed by atoms with Gasteiger partial charge in [0, 0.05) is 16.4 Å². The summed E-state index contributed by atoms with van der Waals surface area (Å²) in [7, 11) is -2.94. The third kappa shape index (κ3) is 3.86. The van der Waals surface area contributed by atoms with Crippen molar-refractivity contribution in [3.8, 4) is 23.0 Å². The highest BCUT2D eigenvalue weighted by Gasteiger charge is 2.55. The van der Waals surface area contributed by atoms with E-state index in [0.717, 1.165) is 21.6 Å². The molecular formula is C22H22N2O2S3. The maximum absolute atomic E-state index is 11.8. The Hall–Kier alpha value is -1.75. The van der Waals surface area contributed by atoms with E-state index in [2.05, 4.69) is 48.4 Å².